The molecule has 0 bridgehead atoms. The molecule has 2 N–H and O–H groups in total. The maximum absolute atomic E-state index is 12.8. The third-order valence-electron chi connectivity index (χ3n) is 4.82. The average molecular weight is 407 g/mol. The van der Waals surface area contributed by atoms with Crippen molar-refractivity contribution in [2.45, 2.75) is 57.8 Å². The van der Waals surface area contributed by atoms with Crippen LogP contribution < -0.4 is 17.0 Å². The van der Waals surface area contributed by atoms with Crippen molar-refractivity contribution >= 4 is 23.4 Å². The third kappa shape index (κ3) is 3.91. The van der Waals surface area contributed by atoms with Gasteiger partial charge in [-0.2, -0.15) is 0 Å². The van der Waals surface area contributed by atoms with Crippen molar-refractivity contribution in [2.24, 2.45) is 13.0 Å². The van der Waals surface area contributed by atoms with Crippen molar-refractivity contribution in [3.63, 3.8) is 0 Å². The average Bonchev–Trinajstić information content (AvgIpc) is 2.88. The highest BCUT2D eigenvalue weighted by Crippen LogP contribution is 2.23. The summed E-state index contributed by atoms with van der Waals surface area (Å²) in [5, 5.41) is 9.09. The molecule has 152 valence electrons. The van der Waals surface area contributed by atoms with Crippen LogP contribution >= 0.6 is 11.8 Å². The minimum atomic E-state index is -0.659. The summed E-state index contributed by atoms with van der Waals surface area (Å²) in [6.45, 7) is 5.04. The summed E-state index contributed by atoms with van der Waals surface area (Å²) >= 11 is 1.25. The van der Waals surface area contributed by atoms with Gasteiger partial charge in [0.15, 0.2) is 10.9 Å². The van der Waals surface area contributed by atoms with E-state index in [2.05, 4.69) is 10.2 Å². The lowest BCUT2D eigenvalue weighted by atomic mass is 10.2. The van der Waals surface area contributed by atoms with Crippen LogP contribution in [0.2, 0.25) is 0 Å². The minimum absolute atomic E-state index is 0.0114. The molecule has 0 radical (unpaired) electrons. The van der Waals surface area contributed by atoms with Crippen LogP contribution in [0, 0.1) is 5.92 Å². The number of nitrogens with zero attached hydrogens (tertiary/aromatic N) is 5. The standard InChI is InChI=1S/C18H26N6O3S/c1-11(2)9-24-15(19)14(16(26)22(3)18(24)27)12(25)10-28-17-21-20-13-7-5-4-6-8-23(13)17/h11H,4-10,19H2,1-3H3. The molecule has 0 atom stereocenters. The normalized spacial score (nSPS) is 14.1. The van der Waals surface area contributed by atoms with Crippen LogP contribution in [0.25, 0.3) is 0 Å². The summed E-state index contributed by atoms with van der Waals surface area (Å²) in [5.41, 5.74) is 4.77. The number of fused-ring (bicyclic) bond motifs is 1. The Kier molecular flexibility index (Phi) is 6.07. The van der Waals surface area contributed by atoms with Crippen LogP contribution in [0.4, 0.5) is 5.82 Å². The van der Waals surface area contributed by atoms with Gasteiger partial charge in [-0.3, -0.25) is 18.7 Å². The van der Waals surface area contributed by atoms with E-state index in [0.29, 0.717) is 11.7 Å². The maximum Gasteiger partial charge on any atom is 0.332 e. The molecule has 28 heavy (non-hydrogen) atoms. The number of carbonyl (C=O) groups excluding carboxylic acids is 1. The number of hydrogen-bond acceptors (Lipinski definition) is 7. The zero-order valence-corrected chi connectivity index (χ0v) is 17.3. The van der Waals surface area contributed by atoms with Gasteiger partial charge in [-0.15, -0.1) is 10.2 Å². The summed E-state index contributed by atoms with van der Waals surface area (Å²) < 4.78 is 4.29. The number of nitrogen functional groups attached to an aromatic ring is 1. The highest BCUT2D eigenvalue weighted by molar-refractivity contribution is 7.99. The molecule has 0 fully saturated rings. The van der Waals surface area contributed by atoms with Crippen molar-refractivity contribution in [1.29, 1.82) is 0 Å². The van der Waals surface area contributed by atoms with E-state index in [9.17, 15) is 14.4 Å². The van der Waals surface area contributed by atoms with Crippen LogP contribution in [0.3, 0.4) is 0 Å². The van der Waals surface area contributed by atoms with E-state index >= 15 is 0 Å². The second-order valence-electron chi connectivity index (χ2n) is 7.48. The summed E-state index contributed by atoms with van der Waals surface area (Å²) in [7, 11) is 1.36. The quantitative estimate of drug-likeness (QED) is 0.563. The molecule has 3 heterocycles. The molecule has 9 nitrogen and oxygen atoms in total. The summed E-state index contributed by atoms with van der Waals surface area (Å²) in [6.07, 6.45) is 4.18. The van der Waals surface area contributed by atoms with Crippen molar-refractivity contribution in [1.82, 2.24) is 23.9 Å². The monoisotopic (exact) mass is 406 g/mol. The number of nitrogens with two attached hydrogens (primary N) is 1. The molecule has 0 saturated carbocycles. The molecule has 0 spiro atoms. The highest BCUT2D eigenvalue weighted by Gasteiger charge is 2.23. The van der Waals surface area contributed by atoms with Gasteiger partial charge in [0.2, 0.25) is 0 Å². The van der Waals surface area contributed by atoms with E-state index in [0.717, 1.165) is 42.6 Å². The minimum Gasteiger partial charge on any atom is -0.384 e. The van der Waals surface area contributed by atoms with Gasteiger partial charge in [-0.05, 0) is 18.8 Å². The fraction of sp³-hybridized carbons (Fsp3) is 0.611. The Hall–Kier alpha value is -2.36. The van der Waals surface area contributed by atoms with E-state index in [-0.39, 0.29) is 23.1 Å². The fourth-order valence-corrected chi connectivity index (χ4v) is 4.21. The molecule has 3 rings (SSSR count). The number of anilines is 1. The van der Waals surface area contributed by atoms with Gasteiger partial charge in [0.1, 0.15) is 17.2 Å². The Morgan fingerprint density at radius 3 is 2.68 bits per heavy atom. The van der Waals surface area contributed by atoms with Crippen LogP contribution in [0.1, 0.15) is 49.3 Å². The number of Topliss-reactive ketones (excluding diaryl/α,β-unsaturated/α-hetero) is 1. The summed E-state index contributed by atoms with van der Waals surface area (Å²) in [5.74, 6) is 0.617. The Morgan fingerprint density at radius 2 is 1.96 bits per heavy atom. The van der Waals surface area contributed by atoms with Crippen LogP contribution in [-0.4, -0.2) is 35.4 Å². The lowest BCUT2D eigenvalue weighted by Crippen LogP contribution is -2.43. The molecule has 0 saturated heterocycles. The number of carbonyl (C=O) groups is 1. The fourth-order valence-electron chi connectivity index (χ4n) is 3.35. The molecule has 0 unspecified atom stereocenters. The zero-order chi connectivity index (χ0) is 20.4. The van der Waals surface area contributed by atoms with Crippen molar-refractivity contribution in [3.8, 4) is 0 Å². The number of rotatable bonds is 6. The number of aromatic nitrogens is 5. The zero-order valence-electron chi connectivity index (χ0n) is 16.5. The van der Waals surface area contributed by atoms with Crippen LogP contribution in [-0.2, 0) is 26.6 Å². The summed E-state index contributed by atoms with van der Waals surface area (Å²) in [6, 6.07) is 0. The molecular formula is C18H26N6O3S. The molecule has 0 aliphatic carbocycles. The number of hydrogen-bond donors (Lipinski definition) is 1. The third-order valence-corrected chi connectivity index (χ3v) is 5.78. The second-order valence-corrected chi connectivity index (χ2v) is 8.43. The Morgan fingerprint density at radius 1 is 1.21 bits per heavy atom. The van der Waals surface area contributed by atoms with Gasteiger partial charge in [-0.1, -0.05) is 32.0 Å². The van der Waals surface area contributed by atoms with Gasteiger partial charge in [0.25, 0.3) is 5.56 Å². The molecule has 10 heteroatoms. The van der Waals surface area contributed by atoms with E-state index in [4.69, 9.17) is 5.73 Å². The molecule has 1 aliphatic heterocycles. The Labute approximate surface area is 166 Å². The maximum atomic E-state index is 12.8. The first-order chi connectivity index (χ1) is 13.3. The molecule has 1 aliphatic rings. The lowest BCUT2D eigenvalue weighted by Gasteiger charge is -2.16. The number of thioether (sulfide) groups is 1. The predicted molar refractivity (Wildman–Crippen MR) is 108 cm³/mol. The number of ketones is 1. The highest BCUT2D eigenvalue weighted by atomic mass is 32.2. The van der Waals surface area contributed by atoms with Crippen molar-refractivity contribution in [3.05, 3.63) is 32.2 Å². The van der Waals surface area contributed by atoms with E-state index in [1.54, 1.807) is 0 Å². The first-order valence-corrected chi connectivity index (χ1v) is 10.5. The van der Waals surface area contributed by atoms with Gasteiger partial charge >= 0.3 is 5.69 Å². The molecule has 0 amide bonds. The van der Waals surface area contributed by atoms with E-state index < -0.39 is 17.0 Å². The SMILES string of the molecule is CC(C)Cn1c(N)c(C(=O)CSc2nnc3n2CCCCC3)c(=O)n(C)c1=O. The first kappa shape index (κ1) is 20.4. The van der Waals surface area contributed by atoms with Crippen LogP contribution in [0.5, 0.6) is 0 Å². The smallest absolute Gasteiger partial charge is 0.332 e. The van der Waals surface area contributed by atoms with E-state index in [1.165, 1.54) is 23.4 Å². The number of aryl methyl sites for hydroxylation is 1. The molecule has 2 aromatic rings. The van der Waals surface area contributed by atoms with E-state index in [1.807, 2.05) is 18.4 Å². The van der Waals surface area contributed by atoms with Crippen molar-refractivity contribution < 1.29 is 4.79 Å². The first-order valence-electron chi connectivity index (χ1n) is 9.48. The Balaban J connectivity index is 1.87. The predicted octanol–water partition coefficient (Wildman–Crippen LogP) is 1.08. The largest absolute Gasteiger partial charge is 0.384 e. The second kappa shape index (κ2) is 8.34. The van der Waals surface area contributed by atoms with Gasteiger partial charge in [-0.25, -0.2) is 4.79 Å². The van der Waals surface area contributed by atoms with Crippen LogP contribution in [0.15, 0.2) is 14.7 Å². The topological polar surface area (TPSA) is 118 Å². The molecular weight excluding hydrogens is 380 g/mol. The van der Waals surface area contributed by atoms with Gasteiger partial charge < -0.3 is 10.3 Å². The molecule has 2 aromatic heterocycles. The summed E-state index contributed by atoms with van der Waals surface area (Å²) in [4.78, 5) is 37.7. The molecule has 0 aromatic carbocycles. The Bertz CT molecular complexity index is 1000. The van der Waals surface area contributed by atoms with Gasteiger partial charge in [0.05, 0.1) is 5.75 Å². The van der Waals surface area contributed by atoms with Gasteiger partial charge in [0, 0.05) is 26.6 Å². The lowest BCUT2D eigenvalue weighted by molar-refractivity contribution is 0.102. The van der Waals surface area contributed by atoms with Crippen molar-refractivity contribution in [2.75, 3.05) is 11.5 Å².